The first kappa shape index (κ1) is 14.1. The molecule has 3 aliphatic carbocycles. The van der Waals surface area contributed by atoms with Crippen molar-refractivity contribution < 1.29 is 10.2 Å². The summed E-state index contributed by atoms with van der Waals surface area (Å²) in [6.07, 6.45) is 6.23. The van der Waals surface area contributed by atoms with Gasteiger partial charge < -0.3 is 10.2 Å². The van der Waals surface area contributed by atoms with Gasteiger partial charge in [0.25, 0.3) is 0 Å². The first-order valence-electron chi connectivity index (χ1n) is 8.48. The SMILES string of the molecule is C[C@]12CC[C@@H]3c4cc(C#N)c(O)cc4CC[C@H]3[C@@H]1CC[C@@H]2O. The van der Waals surface area contributed by atoms with E-state index in [1.165, 1.54) is 11.1 Å². The third kappa shape index (κ3) is 1.77. The number of benzene rings is 1. The van der Waals surface area contributed by atoms with Crippen LogP contribution in [0.1, 0.15) is 61.6 Å². The minimum atomic E-state index is -0.144. The van der Waals surface area contributed by atoms with Crippen molar-refractivity contribution >= 4 is 0 Å². The lowest BCUT2D eigenvalue weighted by atomic mass is 9.55. The van der Waals surface area contributed by atoms with Gasteiger partial charge in [-0.1, -0.05) is 6.92 Å². The minimum absolute atomic E-state index is 0.0909. The van der Waals surface area contributed by atoms with Crippen LogP contribution in [0.3, 0.4) is 0 Å². The molecule has 0 aromatic heterocycles. The molecule has 0 aliphatic heterocycles. The number of nitriles is 1. The fourth-order valence-corrected chi connectivity index (χ4v) is 5.67. The highest BCUT2D eigenvalue weighted by atomic mass is 16.3. The topological polar surface area (TPSA) is 64.2 Å². The largest absolute Gasteiger partial charge is 0.507 e. The summed E-state index contributed by atoms with van der Waals surface area (Å²) in [7, 11) is 0. The Kier molecular flexibility index (Phi) is 3.03. The van der Waals surface area contributed by atoms with Gasteiger partial charge in [0.2, 0.25) is 0 Å². The molecule has 22 heavy (non-hydrogen) atoms. The summed E-state index contributed by atoms with van der Waals surface area (Å²) in [6, 6.07) is 5.84. The first-order chi connectivity index (χ1) is 10.5. The number of aliphatic hydroxyl groups is 1. The molecule has 0 amide bonds. The third-order valence-electron chi connectivity index (χ3n) is 6.91. The van der Waals surface area contributed by atoms with Gasteiger partial charge in [-0.05, 0) is 85.0 Å². The molecule has 0 radical (unpaired) electrons. The van der Waals surface area contributed by atoms with E-state index in [1.807, 2.05) is 6.07 Å². The maximum atomic E-state index is 10.4. The summed E-state index contributed by atoms with van der Waals surface area (Å²) in [5.74, 6) is 1.85. The smallest absolute Gasteiger partial charge is 0.133 e. The Bertz CT molecular complexity index is 662. The Morgan fingerprint density at radius 3 is 2.82 bits per heavy atom. The molecule has 3 nitrogen and oxygen atoms in total. The molecule has 0 saturated heterocycles. The van der Waals surface area contributed by atoms with E-state index >= 15 is 0 Å². The Morgan fingerprint density at radius 1 is 1.23 bits per heavy atom. The van der Waals surface area contributed by atoms with Crippen molar-refractivity contribution in [2.75, 3.05) is 0 Å². The molecule has 1 aromatic rings. The molecule has 2 saturated carbocycles. The van der Waals surface area contributed by atoms with Crippen LogP contribution in [0.5, 0.6) is 5.75 Å². The molecule has 2 fully saturated rings. The van der Waals surface area contributed by atoms with Crippen molar-refractivity contribution in [3.8, 4) is 11.8 Å². The molecule has 2 N–H and O–H groups in total. The zero-order valence-electron chi connectivity index (χ0n) is 13.0. The average Bonchev–Trinajstić information content (AvgIpc) is 2.82. The van der Waals surface area contributed by atoms with Crippen LogP contribution in [0.4, 0.5) is 0 Å². The van der Waals surface area contributed by atoms with Crippen molar-refractivity contribution in [1.82, 2.24) is 0 Å². The van der Waals surface area contributed by atoms with E-state index in [0.717, 1.165) is 38.5 Å². The molecule has 116 valence electrons. The number of hydrogen-bond donors (Lipinski definition) is 2. The summed E-state index contributed by atoms with van der Waals surface area (Å²) in [5.41, 5.74) is 3.00. The normalized spacial score (nSPS) is 39.5. The van der Waals surface area contributed by atoms with Gasteiger partial charge in [-0.2, -0.15) is 5.26 Å². The lowest BCUT2D eigenvalue weighted by molar-refractivity contribution is -0.0226. The van der Waals surface area contributed by atoms with Gasteiger partial charge in [0.05, 0.1) is 11.7 Å². The average molecular weight is 297 g/mol. The van der Waals surface area contributed by atoms with Crippen LogP contribution >= 0.6 is 0 Å². The summed E-state index contributed by atoms with van der Waals surface area (Å²) in [6.45, 7) is 2.28. The van der Waals surface area contributed by atoms with Gasteiger partial charge in [-0.15, -0.1) is 0 Å². The summed E-state index contributed by atoms with van der Waals surface area (Å²) in [5, 5.41) is 29.5. The lowest BCUT2D eigenvalue weighted by Crippen LogP contribution is -2.43. The number of aromatic hydroxyl groups is 1. The van der Waals surface area contributed by atoms with E-state index in [-0.39, 0.29) is 17.3 Å². The van der Waals surface area contributed by atoms with E-state index in [0.29, 0.717) is 23.3 Å². The van der Waals surface area contributed by atoms with Crippen molar-refractivity contribution in [1.29, 1.82) is 5.26 Å². The molecule has 4 rings (SSSR count). The van der Waals surface area contributed by atoms with Gasteiger partial charge in [0.15, 0.2) is 0 Å². The van der Waals surface area contributed by atoms with Gasteiger partial charge in [-0.3, -0.25) is 0 Å². The molecule has 3 heteroatoms. The van der Waals surface area contributed by atoms with Gasteiger partial charge in [-0.25, -0.2) is 0 Å². The van der Waals surface area contributed by atoms with Gasteiger partial charge >= 0.3 is 0 Å². The molecule has 0 bridgehead atoms. The van der Waals surface area contributed by atoms with Crippen molar-refractivity contribution in [2.45, 2.75) is 57.5 Å². The van der Waals surface area contributed by atoms with Crippen LogP contribution in [-0.4, -0.2) is 16.3 Å². The second-order valence-corrected chi connectivity index (χ2v) is 7.73. The second-order valence-electron chi connectivity index (χ2n) is 7.73. The van der Waals surface area contributed by atoms with E-state index in [9.17, 15) is 15.5 Å². The van der Waals surface area contributed by atoms with E-state index in [2.05, 4.69) is 13.0 Å². The number of nitrogens with zero attached hydrogens (tertiary/aromatic N) is 1. The predicted octanol–water partition coefficient (Wildman–Crippen LogP) is 3.48. The van der Waals surface area contributed by atoms with Crippen LogP contribution in [-0.2, 0) is 6.42 Å². The maximum Gasteiger partial charge on any atom is 0.133 e. The number of aliphatic hydroxyl groups excluding tert-OH is 1. The van der Waals surface area contributed by atoms with Crippen molar-refractivity contribution in [2.24, 2.45) is 17.3 Å². The van der Waals surface area contributed by atoms with Crippen molar-refractivity contribution in [3.63, 3.8) is 0 Å². The number of rotatable bonds is 0. The van der Waals surface area contributed by atoms with E-state index < -0.39 is 0 Å². The minimum Gasteiger partial charge on any atom is -0.507 e. The van der Waals surface area contributed by atoms with E-state index in [1.54, 1.807) is 6.07 Å². The van der Waals surface area contributed by atoms with Crippen LogP contribution in [0.2, 0.25) is 0 Å². The lowest BCUT2D eigenvalue weighted by Gasteiger charge is -2.50. The number of phenols is 1. The second kappa shape index (κ2) is 4.73. The highest BCUT2D eigenvalue weighted by Crippen LogP contribution is 2.61. The third-order valence-corrected chi connectivity index (χ3v) is 6.91. The first-order valence-corrected chi connectivity index (χ1v) is 8.48. The Labute approximate surface area is 131 Å². The molecule has 0 heterocycles. The Morgan fingerprint density at radius 2 is 2.05 bits per heavy atom. The van der Waals surface area contributed by atoms with Gasteiger partial charge in [0, 0.05) is 0 Å². The predicted molar refractivity (Wildman–Crippen MR) is 83.4 cm³/mol. The maximum absolute atomic E-state index is 10.4. The summed E-state index contributed by atoms with van der Waals surface area (Å²) >= 11 is 0. The summed E-state index contributed by atoms with van der Waals surface area (Å²) < 4.78 is 0. The highest BCUT2D eigenvalue weighted by Gasteiger charge is 2.54. The standard InChI is InChI=1S/C19H23NO2/c1-19-7-6-13-14(16(19)4-5-18(19)22)3-2-11-9-17(21)12(10-20)8-15(11)13/h8-9,13-14,16,18,21-22H,2-7H2,1H3/t13-,14+,16-,18-,19-/m0/s1. The monoisotopic (exact) mass is 297 g/mol. The number of phenolic OH excluding ortho intramolecular Hbond substituents is 1. The summed E-state index contributed by atoms with van der Waals surface area (Å²) in [4.78, 5) is 0. The number of aryl methyl sites for hydroxylation is 1. The van der Waals surface area contributed by atoms with E-state index in [4.69, 9.17) is 0 Å². The van der Waals surface area contributed by atoms with Gasteiger partial charge in [0.1, 0.15) is 11.8 Å². The molecule has 0 unspecified atom stereocenters. The van der Waals surface area contributed by atoms with Crippen LogP contribution in [0.15, 0.2) is 12.1 Å². The fourth-order valence-electron chi connectivity index (χ4n) is 5.67. The highest BCUT2D eigenvalue weighted by molar-refractivity contribution is 5.50. The zero-order chi connectivity index (χ0) is 15.5. The molecule has 0 spiro atoms. The Hall–Kier alpha value is -1.53. The quantitative estimate of drug-likeness (QED) is 0.770. The molecule has 3 aliphatic rings. The molecular formula is C19H23NO2. The van der Waals surface area contributed by atoms with Crippen LogP contribution in [0.25, 0.3) is 0 Å². The van der Waals surface area contributed by atoms with Crippen LogP contribution in [0, 0.1) is 28.6 Å². The van der Waals surface area contributed by atoms with Crippen molar-refractivity contribution in [3.05, 3.63) is 28.8 Å². The van der Waals surface area contributed by atoms with Crippen LogP contribution < -0.4 is 0 Å². The number of fused-ring (bicyclic) bond motifs is 5. The zero-order valence-corrected chi connectivity index (χ0v) is 13.0. The molecule has 5 atom stereocenters. The molecule has 1 aromatic carbocycles. The number of hydrogen-bond acceptors (Lipinski definition) is 3. The Balaban J connectivity index is 1.74. The molecular weight excluding hydrogens is 274 g/mol. The fraction of sp³-hybridized carbons (Fsp3) is 0.632.